The third-order valence-corrected chi connectivity index (χ3v) is 5.50. The van der Waals surface area contributed by atoms with Crippen LogP contribution in [-0.2, 0) is 42.6 Å². The smallest absolute Gasteiger partial charge is 0.335 e. The number of esters is 1. The number of hydrogen-bond donors (Lipinski definition) is 0. The maximum atomic E-state index is 12.2. The number of ether oxygens (including phenoxy) is 3. The molecule has 0 saturated carbocycles. The molecule has 1 unspecified atom stereocenters. The second kappa shape index (κ2) is 12.2. The molecular formula is C26H36O7S. The molecule has 7 nitrogen and oxygen atoms in total. The Kier molecular flexibility index (Phi) is 9.94. The zero-order chi connectivity index (χ0) is 25.4. The van der Waals surface area contributed by atoms with Gasteiger partial charge in [0.15, 0.2) is 6.10 Å². The summed E-state index contributed by atoms with van der Waals surface area (Å²) < 4.78 is 44.2. The highest BCUT2D eigenvalue weighted by Gasteiger charge is 2.24. The van der Waals surface area contributed by atoms with E-state index in [0.717, 1.165) is 28.7 Å². The molecule has 0 aliphatic carbocycles. The summed E-state index contributed by atoms with van der Waals surface area (Å²) in [5.41, 5.74) is 2.86. The maximum absolute atomic E-state index is 12.2. The zero-order valence-corrected chi connectivity index (χ0v) is 21.7. The van der Waals surface area contributed by atoms with Crippen LogP contribution in [-0.4, -0.2) is 46.6 Å². The van der Waals surface area contributed by atoms with Crippen molar-refractivity contribution in [2.24, 2.45) is 0 Å². The quantitative estimate of drug-likeness (QED) is 0.319. The average molecular weight is 493 g/mol. The third-order valence-electron chi connectivity index (χ3n) is 5.01. The van der Waals surface area contributed by atoms with E-state index >= 15 is 0 Å². The molecule has 0 heterocycles. The van der Waals surface area contributed by atoms with Crippen molar-refractivity contribution in [3.05, 3.63) is 59.2 Å². The van der Waals surface area contributed by atoms with Crippen LogP contribution in [0.2, 0.25) is 0 Å². The molecule has 2 aromatic carbocycles. The minimum Gasteiger partial charge on any atom is -0.493 e. The molecule has 1 atom stereocenters. The Bertz CT molecular complexity index is 1040. The Balaban J connectivity index is 2.09. The van der Waals surface area contributed by atoms with Crippen LogP contribution in [0.25, 0.3) is 0 Å². The minimum absolute atomic E-state index is 0.166. The fourth-order valence-corrected chi connectivity index (χ4v) is 3.90. The predicted octanol–water partition coefficient (Wildman–Crippen LogP) is 4.45. The SMILES string of the molecule is CCOC(=O)C(Cc1ccc(OCCc2ccc(OS(C)(=O)=O)cc2)c(C(C)(C)C)c1)OCC. The first-order chi connectivity index (χ1) is 15.9. The second-order valence-electron chi connectivity index (χ2n) is 9.01. The van der Waals surface area contributed by atoms with Crippen LogP contribution in [0.5, 0.6) is 11.5 Å². The minimum atomic E-state index is -3.54. The first-order valence-electron chi connectivity index (χ1n) is 11.5. The van der Waals surface area contributed by atoms with Crippen molar-refractivity contribution < 1.29 is 31.6 Å². The van der Waals surface area contributed by atoms with E-state index in [9.17, 15) is 13.2 Å². The predicted molar refractivity (Wildman–Crippen MR) is 132 cm³/mol. The van der Waals surface area contributed by atoms with Gasteiger partial charge in [-0.2, -0.15) is 8.42 Å². The number of hydrogen-bond acceptors (Lipinski definition) is 7. The Morgan fingerprint density at radius 2 is 1.62 bits per heavy atom. The molecule has 8 heteroatoms. The van der Waals surface area contributed by atoms with E-state index in [2.05, 4.69) is 26.8 Å². The molecule has 2 rings (SSSR count). The normalized spacial score (nSPS) is 12.8. The van der Waals surface area contributed by atoms with Crippen LogP contribution in [0.3, 0.4) is 0 Å². The first-order valence-corrected chi connectivity index (χ1v) is 13.3. The van der Waals surface area contributed by atoms with Gasteiger partial charge in [0, 0.05) is 19.4 Å². The molecule has 0 N–H and O–H groups in total. The Morgan fingerprint density at radius 3 is 2.18 bits per heavy atom. The number of carbonyl (C=O) groups is 1. The summed E-state index contributed by atoms with van der Waals surface area (Å²) in [6.45, 7) is 11.2. The summed E-state index contributed by atoms with van der Waals surface area (Å²) in [5.74, 6) is 0.721. The maximum Gasteiger partial charge on any atom is 0.335 e. The van der Waals surface area contributed by atoms with Crippen molar-refractivity contribution in [1.82, 2.24) is 0 Å². The zero-order valence-electron chi connectivity index (χ0n) is 20.9. The van der Waals surface area contributed by atoms with E-state index in [0.29, 0.717) is 32.7 Å². The summed E-state index contributed by atoms with van der Waals surface area (Å²) in [5, 5.41) is 0. The molecule has 0 aliphatic rings. The van der Waals surface area contributed by atoms with Crippen molar-refractivity contribution >= 4 is 16.1 Å². The highest BCUT2D eigenvalue weighted by atomic mass is 32.2. The summed E-state index contributed by atoms with van der Waals surface area (Å²) in [4.78, 5) is 12.2. The molecule has 0 aliphatic heterocycles. The molecule has 0 aromatic heterocycles. The van der Waals surface area contributed by atoms with E-state index in [1.165, 1.54) is 0 Å². The molecule has 0 amide bonds. The Hall–Kier alpha value is -2.58. The van der Waals surface area contributed by atoms with Crippen molar-refractivity contribution in [3.63, 3.8) is 0 Å². The van der Waals surface area contributed by atoms with Crippen molar-refractivity contribution in [3.8, 4) is 11.5 Å². The summed E-state index contributed by atoms with van der Waals surface area (Å²) in [7, 11) is -3.54. The van der Waals surface area contributed by atoms with Gasteiger partial charge in [0.1, 0.15) is 11.5 Å². The van der Waals surface area contributed by atoms with Crippen LogP contribution >= 0.6 is 0 Å². The summed E-state index contributed by atoms with van der Waals surface area (Å²) in [6.07, 6.45) is 1.46. The number of benzene rings is 2. The van der Waals surface area contributed by atoms with Crippen LogP contribution in [0.4, 0.5) is 0 Å². The van der Waals surface area contributed by atoms with E-state index in [1.54, 1.807) is 19.1 Å². The standard InChI is InChI=1S/C26H36O7S/c1-7-30-24(25(27)31-8-2)18-20-11-14-23(22(17-20)26(3,4)5)32-16-15-19-9-12-21(13-10-19)33-34(6,28)29/h9-14,17,24H,7-8,15-16,18H2,1-6H3. The molecular weight excluding hydrogens is 456 g/mol. The summed E-state index contributed by atoms with van der Waals surface area (Å²) in [6, 6.07) is 12.9. The van der Waals surface area contributed by atoms with Crippen LogP contribution in [0.1, 0.15) is 51.3 Å². The molecule has 0 bridgehead atoms. The molecule has 0 spiro atoms. The van der Waals surface area contributed by atoms with Crippen LogP contribution in [0, 0.1) is 0 Å². The van der Waals surface area contributed by atoms with E-state index in [4.69, 9.17) is 18.4 Å². The third kappa shape index (κ3) is 8.99. The van der Waals surface area contributed by atoms with Crippen molar-refractivity contribution in [1.29, 1.82) is 0 Å². The van der Waals surface area contributed by atoms with E-state index in [1.807, 2.05) is 31.2 Å². The number of rotatable bonds is 12. The van der Waals surface area contributed by atoms with Gasteiger partial charge in [0.2, 0.25) is 0 Å². The molecule has 0 radical (unpaired) electrons. The Morgan fingerprint density at radius 1 is 0.971 bits per heavy atom. The summed E-state index contributed by atoms with van der Waals surface area (Å²) >= 11 is 0. The highest BCUT2D eigenvalue weighted by Crippen LogP contribution is 2.33. The van der Waals surface area contributed by atoms with Crippen molar-refractivity contribution in [2.45, 2.75) is 59.0 Å². The van der Waals surface area contributed by atoms with Gasteiger partial charge in [-0.1, -0.05) is 45.0 Å². The van der Waals surface area contributed by atoms with E-state index in [-0.39, 0.29) is 17.1 Å². The molecule has 34 heavy (non-hydrogen) atoms. The molecule has 2 aromatic rings. The van der Waals surface area contributed by atoms with Gasteiger partial charge >= 0.3 is 16.1 Å². The van der Waals surface area contributed by atoms with Gasteiger partial charge in [-0.3, -0.25) is 0 Å². The van der Waals surface area contributed by atoms with Gasteiger partial charge in [0.05, 0.1) is 19.5 Å². The largest absolute Gasteiger partial charge is 0.493 e. The highest BCUT2D eigenvalue weighted by molar-refractivity contribution is 7.86. The van der Waals surface area contributed by atoms with Crippen LogP contribution in [0.15, 0.2) is 42.5 Å². The fourth-order valence-electron chi connectivity index (χ4n) is 3.44. The topological polar surface area (TPSA) is 88.1 Å². The fraction of sp³-hybridized carbons (Fsp3) is 0.500. The van der Waals surface area contributed by atoms with Gasteiger partial charge in [-0.05, 0) is 54.2 Å². The second-order valence-corrected chi connectivity index (χ2v) is 10.6. The lowest BCUT2D eigenvalue weighted by Crippen LogP contribution is -2.29. The molecule has 0 saturated heterocycles. The van der Waals surface area contributed by atoms with Gasteiger partial charge < -0.3 is 18.4 Å². The van der Waals surface area contributed by atoms with Gasteiger partial charge in [-0.15, -0.1) is 0 Å². The first kappa shape index (κ1) is 27.7. The molecule has 188 valence electrons. The lowest BCUT2D eigenvalue weighted by molar-refractivity contribution is -0.156. The van der Waals surface area contributed by atoms with Crippen molar-refractivity contribution in [2.75, 3.05) is 26.1 Å². The Labute approximate surface area is 203 Å². The van der Waals surface area contributed by atoms with E-state index < -0.39 is 16.2 Å². The van der Waals surface area contributed by atoms with Gasteiger partial charge in [-0.25, -0.2) is 4.79 Å². The van der Waals surface area contributed by atoms with Crippen LogP contribution < -0.4 is 8.92 Å². The lowest BCUT2D eigenvalue weighted by Gasteiger charge is -2.24. The average Bonchev–Trinajstić information content (AvgIpc) is 2.74. The monoisotopic (exact) mass is 492 g/mol. The number of carbonyl (C=O) groups excluding carboxylic acids is 1. The lowest BCUT2D eigenvalue weighted by atomic mass is 9.85. The molecule has 0 fully saturated rings. The van der Waals surface area contributed by atoms with Gasteiger partial charge in [0.25, 0.3) is 0 Å².